The number of carbonyl (C=O) groups excluding carboxylic acids is 1. The summed E-state index contributed by atoms with van der Waals surface area (Å²) in [5.41, 5.74) is 1.47. The lowest BCUT2D eigenvalue weighted by Gasteiger charge is -2.16. The van der Waals surface area contributed by atoms with E-state index in [0.29, 0.717) is 22.6 Å². The second-order valence-corrected chi connectivity index (χ2v) is 5.79. The van der Waals surface area contributed by atoms with Crippen molar-refractivity contribution in [2.24, 2.45) is 11.8 Å². The summed E-state index contributed by atoms with van der Waals surface area (Å²) in [7, 11) is 0. The van der Waals surface area contributed by atoms with Gasteiger partial charge in [-0.3, -0.25) is 4.79 Å². The number of halogens is 1. The fraction of sp³-hybridized carbons (Fsp3) is 0.600. The van der Waals surface area contributed by atoms with E-state index < -0.39 is 0 Å². The van der Waals surface area contributed by atoms with Crippen LogP contribution >= 0.6 is 11.6 Å². The molecule has 1 amide bonds. The zero-order valence-corrected chi connectivity index (χ0v) is 12.3. The smallest absolute Gasteiger partial charge is 0.251 e. The van der Waals surface area contributed by atoms with Crippen LogP contribution in [0.1, 0.15) is 49.2 Å². The molecule has 2 unspecified atom stereocenters. The van der Waals surface area contributed by atoms with E-state index >= 15 is 0 Å². The average Bonchev–Trinajstić information content (AvgIpc) is 2.80. The number of nitrogens with zero attached hydrogens (tertiary/aromatic N) is 1. The van der Waals surface area contributed by atoms with Gasteiger partial charge in [-0.2, -0.15) is 0 Å². The largest absolute Gasteiger partial charge is 0.352 e. The van der Waals surface area contributed by atoms with Gasteiger partial charge in [-0.1, -0.05) is 38.3 Å². The first-order valence-corrected chi connectivity index (χ1v) is 7.42. The quantitative estimate of drug-likeness (QED) is 0.858. The number of aryl methyl sites for hydroxylation is 1. The van der Waals surface area contributed by atoms with Crippen molar-refractivity contribution in [1.82, 2.24) is 10.3 Å². The molecule has 104 valence electrons. The Kier molecular flexibility index (Phi) is 4.81. The molecule has 1 aliphatic rings. The van der Waals surface area contributed by atoms with E-state index in [0.717, 1.165) is 18.7 Å². The fourth-order valence-electron chi connectivity index (χ4n) is 2.71. The van der Waals surface area contributed by atoms with Gasteiger partial charge >= 0.3 is 0 Å². The summed E-state index contributed by atoms with van der Waals surface area (Å²) in [5.74, 6) is 1.29. The minimum absolute atomic E-state index is 0.0434. The minimum atomic E-state index is -0.0434. The molecule has 1 aliphatic carbocycles. The summed E-state index contributed by atoms with van der Waals surface area (Å²) in [5, 5.41) is 3.41. The van der Waals surface area contributed by atoms with E-state index in [1.54, 1.807) is 6.07 Å². The standard InChI is InChI=1S/C15H21ClN2O/c1-3-13-7-12(8-14(16)18-13)15(19)17-9-11-6-4-5-10(11)2/h7-8,10-11H,3-6,9H2,1-2H3,(H,17,19). The SMILES string of the molecule is CCc1cc(C(=O)NCC2CCCC2C)cc(Cl)n1. The van der Waals surface area contributed by atoms with E-state index in [2.05, 4.69) is 17.2 Å². The molecule has 0 spiro atoms. The molecule has 1 aromatic heterocycles. The average molecular weight is 281 g/mol. The molecule has 2 rings (SSSR count). The van der Waals surface area contributed by atoms with Crippen LogP contribution in [0.4, 0.5) is 0 Å². The van der Waals surface area contributed by atoms with Crippen LogP contribution in [0.25, 0.3) is 0 Å². The van der Waals surface area contributed by atoms with Gasteiger partial charge in [0.15, 0.2) is 0 Å². The first-order valence-electron chi connectivity index (χ1n) is 7.04. The molecular weight excluding hydrogens is 260 g/mol. The summed E-state index contributed by atoms with van der Waals surface area (Å²) in [6, 6.07) is 3.45. The lowest BCUT2D eigenvalue weighted by Crippen LogP contribution is -2.30. The van der Waals surface area contributed by atoms with E-state index in [9.17, 15) is 4.79 Å². The summed E-state index contributed by atoms with van der Waals surface area (Å²) in [6.07, 6.45) is 4.56. The number of nitrogens with one attached hydrogen (secondary N) is 1. The normalized spacial score (nSPS) is 22.5. The number of hydrogen-bond donors (Lipinski definition) is 1. The van der Waals surface area contributed by atoms with Crippen molar-refractivity contribution in [3.8, 4) is 0 Å². The van der Waals surface area contributed by atoms with E-state index in [1.165, 1.54) is 19.3 Å². The Bertz CT molecular complexity index is 461. The highest BCUT2D eigenvalue weighted by molar-refractivity contribution is 6.29. The molecule has 1 fully saturated rings. The van der Waals surface area contributed by atoms with Crippen molar-refractivity contribution in [2.45, 2.75) is 39.5 Å². The predicted octanol–water partition coefficient (Wildman–Crippen LogP) is 3.46. The molecule has 19 heavy (non-hydrogen) atoms. The predicted molar refractivity (Wildman–Crippen MR) is 77.5 cm³/mol. The maximum atomic E-state index is 12.1. The Morgan fingerprint density at radius 1 is 1.47 bits per heavy atom. The third kappa shape index (κ3) is 3.69. The highest BCUT2D eigenvalue weighted by atomic mass is 35.5. The van der Waals surface area contributed by atoms with Crippen molar-refractivity contribution in [1.29, 1.82) is 0 Å². The highest BCUT2D eigenvalue weighted by Crippen LogP contribution is 2.30. The first kappa shape index (κ1) is 14.3. The lowest BCUT2D eigenvalue weighted by molar-refractivity contribution is 0.0944. The molecule has 3 nitrogen and oxygen atoms in total. The van der Waals surface area contributed by atoms with Gasteiger partial charge in [0.1, 0.15) is 5.15 Å². The minimum Gasteiger partial charge on any atom is -0.352 e. The van der Waals surface area contributed by atoms with Crippen LogP contribution in [-0.4, -0.2) is 17.4 Å². The Morgan fingerprint density at radius 2 is 2.26 bits per heavy atom. The first-order chi connectivity index (χ1) is 9.10. The molecule has 0 saturated heterocycles. The van der Waals surface area contributed by atoms with Crippen molar-refractivity contribution >= 4 is 17.5 Å². The second-order valence-electron chi connectivity index (χ2n) is 5.40. The summed E-state index contributed by atoms with van der Waals surface area (Å²) in [4.78, 5) is 16.3. The van der Waals surface area contributed by atoms with Crippen LogP contribution in [0.5, 0.6) is 0 Å². The third-order valence-corrected chi connectivity index (χ3v) is 4.23. The van der Waals surface area contributed by atoms with Gasteiger partial charge in [-0.05, 0) is 36.8 Å². The van der Waals surface area contributed by atoms with Crippen LogP contribution in [0.15, 0.2) is 12.1 Å². The summed E-state index contributed by atoms with van der Waals surface area (Å²) < 4.78 is 0. The number of amides is 1. The van der Waals surface area contributed by atoms with Gasteiger partial charge in [0, 0.05) is 17.8 Å². The van der Waals surface area contributed by atoms with Gasteiger partial charge in [0.2, 0.25) is 0 Å². The van der Waals surface area contributed by atoms with E-state index in [1.807, 2.05) is 13.0 Å². The molecule has 0 bridgehead atoms. The molecular formula is C15H21ClN2O. The number of pyridine rings is 1. The Hall–Kier alpha value is -1.09. The maximum Gasteiger partial charge on any atom is 0.251 e. The molecule has 1 heterocycles. The van der Waals surface area contributed by atoms with Crippen molar-refractivity contribution in [3.63, 3.8) is 0 Å². The van der Waals surface area contributed by atoms with Crippen molar-refractivity contribution in [3.05, 3.63) is 28.5 Å². The molecule has 1 N–H and O–H groups in total. The highest BCUT2D eigenvalue weighted by Gasteiger charge is 2.23. The monoisotopic (exact) mass is 280 g/mol. The number of rotatable bonds is 4. The zero-order valence-electron chi connectivity index (χ0n) is 11.6. The number of aromatic nitrogens is 1. The van der Waals surface area contributed by atoms with Crippen molar-refractivity contribution in [2.75, 3.05) is 6.54 Å². The zero-order chi connectivity index (χ0) is 13.8. The molecule has 1 aromatic rings. The molecule has 0 aliphatic heterocycles. The van der Waals surface area contributed by atoms with Crippen LogP contribution in [0, 0.1) is 11.8 Å². The molecule has 4 heteroatoms. The van der Waals surface area contributed by atoms with Gasteiger partial charge < -0.3 is 5.32 Å². The van der Waals surface area contributed by atoms with Gasteiger partial charge in [0.25, 0.3) is 5.91 Å². The number of hydrogen-bond acceptors (Lipinski definition) is 2. The van der Waals surface area contributed by atoms with Crippen molar-refractivity contribution < 1.29 is 4.79 Å². The lowest BCUT2D eigenvalue weighted by atomic mass is 9.98. The van der Waals surface area contributed by atoms with E-state index in [4.69, 9.17) is 11.6 Å². The Labute approximate surface area is 119 Å². The maximum absolute atomic E-state index is 12.1. The van der Waals surface area contributed by atoms with Crippen LogP contribution in [0.3, 0.4) is 0 Å². The Balaban J connectivity index is 1.97. The van der Waals surface area contributed by atoms with Gasteiger partial charge in [-0.15, -0.1) is 0 Å². The molecule has 0 radical (unpaired) electrons. The van der Waals surface area contributed by atoms with Gasteiger partial charge in [-0.25, -0.2) is 4.98 Å². The molecule has 0 aromatic carbocycles. The summed E-state index contributed by atoms with van der Waals surface area (Å²) in [6.45, 7) is 5.03. The second kappa shape index (κ2) is 6.38. The summed E-state index contributed by atoms with van der Waals surface area (Å²) >= 11 is 5.93. The third-order valence-electron chi connectivity index (χ3n) is 4.04. The molecule has 1 saturated carbocycles. The fourth-order valence-corrected chi connectivity index (χ4v) is 2.94. The van der Waals surface area contributed by atoms with E-state index in [-0.39, 0.29) is 5.91 Å². The molecule has 2 atom stereocenters. The van der Waals surface area contributed by atoms with Gasteiger partial charge in [0.05, 0.1) is 0 Å². The van der Waals surface area contributed by atoms with Crippen LogP contribution < -0.4 is 5.32 Å². The van der Waals surface area contributed by atoms with Crippen LogP contribution in [0.2, 0.25) is 5.15 Å². The Morgan fingerprint density at radius 3 is 2.89 bits per heavy atom. The topological polar surface area (TPSA) is 42.0 Å². The number of carbonyl (C=O) groups is 1. The van der Waals surface area contributed by atoms with Crippen LogP contribution in [-0.2, 0) is 6.42 Å².